The highest BCUT2D eigenvalue weighted by atomic mass is 35.5. The van der Waals surface area contributed by atoms with Crippen LogP contribution < -0.4 is 20.2 Å². The molecule has 0 atom stereocenters. The zero-order valence-corrected chi connectivity index (χ0v) is 15.0. The van der Waals surface area contributed by atoms with E-state index < -0.39 is 11.8 Å². The van der Waals surface area contributed by atoms with E-state index in [1.807, 2.05) is 0 Å². The van der Waals surface area contributed by atoms with Crippen molar-refractivity contribution in [3.63, 3.8) is 0 Å². The summed E-state index contributed by atoms with van der Waals surface area (Å²) in [4.78, 5) is 23.9. The Hall–Kier alpha value is -3.06. The molecule has 2 amide bonds. The lowest BCUT2D eigenvalue weighted by Gasteiger charge is -2.08. The Balaban J connectivity index is 1.86. The minimum Gasteiger partial charge on any atom is -0.497 e. The van der Waals surface area contributed by atoms with Gasteiger partial charge in [0.15, 0.2) is 0 Å². The number of amides is 2. The number of carbonyl (C=O) groups excluding carboxylic acids is 2. The number of nitrogens with zero attached hydrogens (tertiary/aromatic N) is 1. The molecule has 136 valence electrons. The van der Waals surface area contributed by atoms with Gasteiger partial charge in [0, 0.05) is 16.7 Å². The molecule has 0 spiro atoms. The third kappa shape index (κ3) is 5.78. The molecule has 0 bridgehead atoms. The number of ether oxygens (including phenoxy) is 2. The van der Waals surface area contributed by atoms with Gasteiger partial charge in [-0.1, -0.05) is 23.7 Å². The van der Waals surface area contributed by atoms with Gasteiger partial charge in [-0.3, -0.25) is 9.59 Å². The Morgan fingerprint density at radius 2 is 1.69 bits per heavy atom. The van der Waals surface area contributed by atoms with Crippen molar-refractivity contribution in [2.75, 3.05) is 20.8 Å². The summed E-state index contributed by atoms with van der Waals surface area (Å²) in [5, 5.41) is 6.94. The van der Waals surface area contributed by atoms with Crippen LogP contribution in [-0.4, -0.2) is 38.8 Å². The molecule has 0 aliphatic heterocycles. The first-order chi connectivity index (χ1) is 12.5. The molecule has 2 aromatic rings. The number of carbonyl (C=O) groups is 2. The molecule has 8 heteroatoms. The van der Waals surface area contributed by atoms with Crippen molar-refractivity contribution < 1.29 is 19.1 Å². The fourth-order valence-electron chi connectivity index (χ4n) is 1.97. The van der Waals surface area contributed by atoms with Crippen LogP contribution in [0.5, 0.6) is 11.5 Å². The van der Waals surface area contributed by atoms with E-state index in [4.69, 9.17) is 21.1 Å². The zero-order chi connectivity index (χ0) is 18.9. The van der Waals surface area contributed by atoms with E-state index in [0.29, 0.717) is 22.1 Å². The molecular formula is C18H18ClN3O4. The number of rotatable bonds is 7. The number of halogens is 1. The number of hydrogen-bond acceptors (Lipinski definition) is 5. The topological polar surface area (TPSA) is 89.0 Å². The predicted molar refractivity (Wildman–Crippen MR) is 99.1 cm³/mol. The van der Waals surface area contributed by atoms with Crippen molar-refractivity contribution in [1.82, 2.24) is 10.7 Å². The van der Waals surface area contributed by atoms with Crippen molar-refractivity contribution in [3.8, 4) is 11.5 Å². The van der Waals surface area contributed by atoms with E-state index in [9.17, 15) is 9.59 Å². The second kappa shape index (κ2) is 9.43. The summed E-state index contributed by atoms with van der Waals surface area (Å²) in [6, 6.07) is 11.7. The number of hydrogen-bond donors (Lipinski definition) is 2. The molecule has 0 saturated heterocycles. The van der Waals surface area contributed by atoms with Gasteiger partial charge in [0.25, 0.3) is 11.8 Å². The lowest BCUT2D eigenvalue weighted by Crippen LogP contribution is -2.34. The van der Waals surface area contributed by atoms with E-state index in [0.717, 1.165) is 5.56 Å². The number of nitrogens with one attached hydrogen (secondary N) is 2. The molecule has 0 aromatic heterocycles. The van der Waals surface area contributed by atoms with Crippen molar-refractivity contribution in [2.45, 2.75) is 0 Å². The van der Waals surface area contributed by atoms with Crippen molar-refractivity contribution in [1.29, 1.82) is 0 Å². The predicted octanol–water partition coefficient (Wildman–Crippen LogP) is 2.24. The van der Waals surface area contributed by atoms with Crippen molar-refractivity contribution in [2.24, 2.45) is 5.10 Å². The average Bonchev–Trinajstić information content (AvgIpc) is 2.67. The van der Waals surface area contributed by atoms with E-state index in [2.05, 4.69) is 15.8 Å². The molecule has 2 rings (SSSR count). The largest absolute Gasteiger partial charge is 0.497 e. The quantitative estimate of drug-likeness (QED) is 0.573. The lowest BCUT2D eigenvalue weighted by atomic mass is 10.2. The molecule has 0 aliphatic carbocycles. The molecule has 0 saturated carbocycles. The van der Waals surface area contributed by atoms with E-state index in [1.54, 1.807) is 42.5 Å². The van der Waals surface area contributed by atoms with Crippen LogP contribution in [0.1, 0.15) is 15.9 Å². The summed E-state index contributed by atoms with van der Waals surface area (Å²) in [6.45, 7) is -0.226. The highest BCUT2D eigenvalue weighted by molar-refractivity contribution is 6.30. The van der Waals surface area contributed by atoms with Crippen LogP contribution in [0, 0.1) is 0 Å². The first-order valence-corrected chi connectivity index (χ1v) is 7.98. The van der Waals surface area contributed by atoms with Crippen LogP contribution in [0.2, 0.25) is 5.02 Å². The van der Waals surface area contributed by atoms with Crippen LogP contribution in [-0.2, 0) is 4.79 Å². The number of methoxy groups -OCH3 is 2. The van der Waals surface area contributed by atoms with Gasteiger partial charge in [0.05, 0.1) is 27.0 Å². The first-order valence-electron chi connectivity index (χ1n) is 7.60. The number of benzene rings is 2. The van der Waals surface area contributed by atoms with Gasteiger partial charge < -0.3 is 14.8 Å². The van der Waals surface area contributed by atoms with E-state index in [-0.39, 0.29) is 6.54 Å². The standard InChI is InChI=1S/C18H18ClN3O4/c1-25-15-7-13(8-16(9-15)26-2)18(24)20-11-17(23)22-21-10-12-3-5-14(19)6-4-12/h3-10H,11H2,1-2H3,(H,20,24)(H,22,23)/b21-10+. The minimum absolute atomic E-state index is 0.226. The summed E-state index contributed by atoms with van der Waals surface area (Å²) in [6.07, 6.45) is 1.48. The molecule has 0 aliphatic rings. The smallest absolute Gasteiger partial charge is 0.259 e. The first kappa shape index (κ1) is 19.3. The maximum Gasteiger partial charge on any atom is 0.259 e. The summed E-state index contributed by atoms with van der Waals surface area (Å²) in [7, 11) is 2.98. The van der Waals surface area contributed by atoms with Gasteiger partial charge >= 0.3 is 0 Å². The zero-order valence-electron chi connectivity index (χ0n) is 14.3. The Bertz CT molecular complexity index is 784. The maximum absolute atomic E-state index is 12.2. The van der Waals surface area contributed by atoms with Crippen molar-refractivity contribution in [3.05, 3.63) is 58.6 Å². The Kier molecular flexibility index (Phi) is 6.99. The summed E-state index contributed by atoms with van der Waals surface area (Å²) in [5.74, 6) is 0.0653. The molecule has 2 aromatic carbocycles. The SMILES string of the molecule is COc1cc(OC)cc(C(=O)NCC(=O)N/N=C/c2ccc(Cl)cc2)c1. The van der Waals surface area contributed by atoms with E-state index >= 15 is 0 Å². The van der Waals surface area contributed by atoms with E-state index in [1.165, 1.54) is 20.4 Å². The van der Waals surface area contributed by atoms with Gasteiger partial charge in [-0.25, -0.2) is 5.43 Å². The van der Waals surface area contributed by atoms with Gasteiger partial charge in [0.1, 0.15) is 11.5 Å². The number of hydrazone groups is 1. The van der Waals surface area contributed by atoms with Crippen LogP contribution in [0.25, 0.3) is 0 Å². The molecule has 2 N–H and O–H groups in total. The van der Waals surface area contributed by atoms with Gasteiger partial charge in [-0.15, -0.1) is 0 Å². The Morgan fingerprint density at radius 3 is 2.27 bits per heavy atom. The fourth-order valence-corrected chi connectivity index (χ4v) is 2.09. The third-order valence-electron chi connectivity index (χ3n) is 3.30. The van der Waals surface area contributed by atoms with Gasteiger partial charge in [-0.2, -0.15) is 5.10 Å². The minimum atomic E-state index is -0.460. The van der Waals surface area contributed by atoms with Crippen LogP contribution in [0.4, 0.5) is 0 Å². The second-order valence-electron chi connectivity index (χ2n) is 5.13. The van der Waals surface area contributed by atoms with Crippen molar-refractivity contribution >= 4 is 29.6 Å². The Morgan fingerprint density at radius 1 is 1.08 bits per heavy atom. The fraction of sp³-hybridized carbons (Fsp3) is 0.167. The molecule has 26 heavy (non-hydrogen) atoms. The molecular weight excluding hydrogens is 358 g/mol. The monoisotopic (exact) mass is 375 g/mol. The van der Waals surface area contributed by atoms with Crippen LogP contribution in [0.15, 0.2) is 47.6 Å². The molecule has 7 nitrogen and oxygen atoms in total. The maximum atomic E-state index is 12.2. The highest BCUT2D eigenvalue weighted by Crippen LogP contribution is 2.22. The van der Waals surface area contributed by atoms with Crippen LogP contribution in [0.3, 0.4) is 0 Å². The molecule has 0 heterocycles. The van der Waals surface area contributed by atoms with Crippen LogP contribution >= 0.6 is 11.6 Å². The Labute approximate surface area is 155 Å². The summed E-state index contributed by atoms with van der Waals surface area (Å²) >= 11 is 5.79. The molecule has 0 fully saturated rings. The van der Waals surface area contributed by atoms with Gasteiger partial charge in [0.2, 0.25) is 0 Å². The third-order valence-corrected chi connectivity index (χ3v) is 3.55. The lowest BCUT2D eigenvalue weighted by molar-refractivity contribution is -0.120. The average molecular weight is 376 g/mol. The second-order valence-corrected chi connectivity index (χ2v) is 5.57. The highest BCUT2D eigenvalue weighted by Gasteiger charge is 2.11. The normalized spacial score (nSPS) is 10.4. The molecule has 0 unspecified atom stereocenters. The summed E-state index contributed by atoms with van der Waals surface area (Å²) < 4.78 is 10.2. The summed E-state index contributed by atoms with van der Waals surface area (Å²) in [5.41, 5.74) is 3.43. The molecule has 0 radical (unpaired) electrons. The van der Waals surface area contributed by atoms with Gasteiger partial charge in [-0.05, 0) is 29.8 Å².